The molecule has 5 heteroatoms. The molecular formula is C12H23N3O2. The molecule has 0 aromatic carbocycles. The molecule has 0 aromatic rings. The molecule has 4 N–H and O–H groups in total. The largest absolute Gasteiger partial charge is 0.352 e. The molecule has 1 fully saturated rings. The summed E-state index contributed by atoms with van der Waals surface area (Å²) in [5, 5.41) is 5.50. The maximum absolute atomic E-state index is 12.0. The molecule has 1 unspecified atom stereocenters. The molecule has 0 radical (unpaired) electrons. The highest BCUT2D eigenvalue weighted by Crippen LogP contribution is 2.17. The second-order valence-electron chi connectivity index (χ2n) is 4.69. The lowest BCUT2D eigenvalue weighted by molar-refractivity contribution is -0.123. The summed E-state index contributed by atoms with van der Waals surface area (Å²) in [6.45, 7) is 2.05. The number of rotatable bonds is 6. The van der Waals surface area contributed by atoms with Crippen molar-refractivity contribution in [2.75, 3.05) is 0 Å². The second-order valence-corrected chi connectivity index (χ2v) is 4.69. The zero-order valence-corrected chi connectivity index (χ0v) is 10.5. The maximum Gasteiger partial charge on any atom is 0.312 e. The highest BCUT2D eigenvalue weighted by atomic mass is 16.2. The molecule has 0 saturated heterocycles. The minimum atomic E-state index is -0.632. The molecule has 5 nitrogen and oxygen atoms in total. The monoisotopic (exact) mass is 241 g/mol. The number of unbranched alkanes of at least 4 members (excludes halogenated alkanes) is 1. The van der Waals surface area contributed by atoms with Crippen molar-refractivity contribution < 1.29 is 9.59 Å². The summed E-state index contributed by atoms with van der Waals surface area (Å²) in [7, 11) is 0. The molecule has 98 valence electrons. The molecule has 0 aliphatic heterocycles. The van der Waals surface area contributed by atoms with Gasteiger partial charge in [0.2, 0.25) is 5.91 Å². The molecule has 1 atom stereocenters. The molecule has 1 rings (SSSR count). The Kier molecular flexibility index (Phi) is 5.80. The number of hydrogen-bond acceptors (Lipinski definition) is 2. The van der Waals surface area contributed by atoms with Gasteiger partial charge in [0.15, 0.2) is 0 Å². The fraction of sp³-hybridized carbons (Fsp3) is 0.833. The third kappa shape index (κ3) is 5.06. The fourth-order valence-corrected chi connectivity index (χ4v) is 2.22. The van der Waals surface area contributed by atoms with E-state index in [0.717, 1.165) is 25.7 Å². The highest BCUT2D eigenvalue weighted by molar-refractivity contribution is 5.86. The summed E-state index contributed by atoms with van der Waals surface area (Å²) >= 11 is 0. The standard InChI is InChI=1S/C12H23N3O2/c1-2-3-8-10(15-12(13)17)11(16)14-9-6-4-5-7-9/h9-10H,2-8H2,1H3,(H,14,16)(H3,13,15,17). The lowest BCUT2D eigenvalue weighted by Gasteiger charge is -2.20. The van der Waals surface area contributed by atoms with Crippen molar-refractivity contribution in [2.24, 2.45) is 5.73 Å². The van der Waals surface area contributed by atoms with E-state index in [1.54, 1.807) is 0 Å². The minimum Gasteiger partial charge on any atom is -0.352 e. The van der Waals surface area contributed by atoms with E-state index in [1.165, 1.54) is 12.8 Å². The topological polar surface area (TPSA) is 84.2 Å². The Balaban J connectivity index is 2.42. The van der Waals surface area contributed by atoms with Crippen LogP contribution in [0, 0.1) is 0 Å². The summed E-state index contributed by atoms with van der Waals surface area (Å²) in [5.74, 6) is -0.0934. The smallest absolute Gasteiger partial charge is 0.312 e. The average Bonchev–Trinajstić information content (AvgIpc) is 2.76. The predicted octanol–water partition coefficient (Wildman–Crippen LogP) is 1.27. The number of hydrogen-bond donors (Lipinski definition) is 3. The average molecular weight is 241 g/mol. The predicted molar refractivity (Wildman–Crippen MR) is 66.4 cm³/mol. The molecule has 1 saturated carbocycles. The first-order valence-electron chi connectivity index (χ1n) is 6.49. The summed E-state index contributed by atoms with van der Waals surface area (Å²) in [6, 6.07) is -0.831. The zero-order chi connectivity index (χ0) is 12.7. The van der Waals surface area contributed by atoms with Crippen LogP contribution in [0.4, 0.5) is 4.79 Å². The van der Waals surface area contributed by atoms with E-state index >= 15 is 0 Å². The van der Waals surface area contributed by atoms with Crippen LogP contribution in [0.15, 0.2) is 0 Å². The lowest BCUT2D eigenvalue weighted by atomic mass is 10.1. The maximum atomic E-state index is 12.0. The molecule has 0 spiro atoms. The van der Waals surface area contributed by atoms with Gasteiger partial charge in [-0.15, -0.1) is 0 Å². The first-order chi connectivity index (χ1) is 8.13. The number of nitrogens with one attached hydrogen (secondary N) is 2. The number of primary amides is 1. The van der Waals surface area contributed by atoms with Crippen molar-refractivity contribution in [3.8, 4) is 0 Å². The van der Waals surface area contributed by atoms with E-state index in [-0.39, 0.29) is 11.9 Å². The first kappa shape index (κ1) is 13.8. The third-order valence-electron chi connectivity index (χ3n) is 3.18. The minimum absolute atomic E-state index is 0.0934. The van der Waals surface area contributed by atoms with Crippen molar-refractivity contribution in [1.82, 2.24) is 10.6 Å². The summed E-state index contributed by atoms with van der Waals surface area (Å²) < 4.78 is 0. The van der Waals surface area contributed by atoms with E-state index < -0.39 is 12.1 Å². The summed E-state index contributed by atoms with van der Waals surface area (Å²) in [6.07, 6.45) is 6.99. The van der Waals surface area contributed by atoms with Gasteiger partial charge in [-0.1, -0.05) is 32.6 Å². The Morgan fingerprint density at radius 1 is 1.35 bits per heavy atom. The van der Waals surface area contributed by atoms with Gasteiger partial charge < -0.3 is 16.4 Å². The van der Waals surface area contributed by atoms with Crippen LogP contribution in [0.25, 0.3) is 0 Å². The van der Waals surface area contributed by atoms with Gasteiger partial charge in [0, 0.05) is 6.04 Å². The Hall–Kier alpha value is -1.26. The van der Waals surface area contributed by atoms with Gasteiger partial charge in [0.25, 0.3) is 0 Å². The first-order valence-corrected chi connectivity index (χ1v) is 6.49. The van der Waals surface area contributed by atoms with Crippen LogP contribution in [0.5, 0.6) is 0 Å². The van der Waals surface area contributed by atoms with Crippen LogP contribution < -0.4 is 16.4 Å². The van der Waals surface area contributed by atoms with Gasteiger partial charge in [-0.25, -0.2) is 4.79 Å². The third-order valence-corrected chi connectivity index (χ3v) is 3.18. The molecule has 0 bridgehead atoms. The zero-order valence-electron chi connectivity index (χ0n) is 10.5. The number of urea groups is 1. The van der Waals surface area contributed by atoms with Crippen molar-refractivity contribution >= 4 is 11.9 Å². The van der Waals surface area contributed by atoms with E-state index in [0.29, 0.717) is 6.42 Å². The molecule has 17 heavy (non-hydrogen) atoms. The van der Waals surface area contributed by atoms with Crippen molar-refractivity contribution in [2.45, 2.75) is 64.0 Å². The van der Waals surface area contributed by atoms with Crippen molar-refractivity contribution in [1.29, 1.82) is 0 Å². The lowest BCUT2D eigenvalue weighted by Crippen LogP contribution is -2.50. The molecule has 0 heterocycles. The number of carbonyl (C=O) groups is 2. The number of amides is 3. The molecule has 1 aliphatic rings. The van der Waals surface area contributed by atoms with Gasteiger partial charge in [-0.2, -0.15) is 0 Å². The molecular weight excluding hydrogens is 218 g/mol. The number of carbonyl (C=O) groups excluding carboxylic acids is 2. The Morgan fingerprint density at radius 3 is 2.53 bits per heavy atom. The van der Waals surface area contributed by atoms with Crippen molar-refractivity contribution in [3.05, 3.63) is 0 Å². The van der Waals surface area contributed by atoms with E-state index in [4.69, 9.17) is 5.73 Å². The Morgan fingerprint density at radius 2 is 2.00 bits per heavy atom. The summed E-state index contributed by atoms with van der Waals surface area (Å²) in [4.78, 5) is 22.8. The second kappa shape index (κ2) is 7.14. The van der Waals surface area contributed by atoms with Gasteiger partial charge in [-0.3, -0.25) is 4.79 Å². The number of nitrogens with two attached hydrogens (primary N) is 1. The molecule has 3 amide bonds. The van der Waals surface area contributed by atoms with E-state index in [1.807, 2.05) is 0 Å². The fourth-order valence-electron chi connectivity index (χ4n) is 2.22. The molecule has 1 aliphatic carbocycles. The van der Waals surface area contributed by atoms with Crippen molar-refractivity contribution in [3.63, 3.8) is 0 Å². The van der Waals surface area contributed by atoms with Gasteiger partial charge in [-0.05, 0) is 19.3 Å². The summed E-state index contributed by atoms with van der Waals surface area (Å²) in [5.41, 5.74) is 5.08. The van der Waals surface area contributed by atoms with Gasteiger partial charge in [0.05, 0.1) is 0 Å². The van der Waals surface area contributed by atoms with Crippen LogP contribution in [0.2, 0.25) is 0 Å². The SMILES string of the molecule is CCCCC(NC(N)=O)C(=O)NC1CCCC1. The Bertz CT molecular complexity index is 262. The van der Waals surface area contributed by atoms with Crippen LogP contribution in [-0.4, -0.2) is 24.0 Å². The van der Waals surface area contributed by atoms with E-state index in [9.17, 15) is 9.59 Å². The van der Waals surface area contributed by atoms with Gasteiger partial charge in [0.1, 0.15) is 6.04 Å². The quantitative estimate of drug-likeness (QED) is 0.654. The normalized spacial score (nSPS) is 17.7. The van der Waals surface area contributed by atoms with Crippen LogP contribution >= 0.6 is 0 Å². The van der Waals surface area contributed by atoms with Crippen LogP contribution in [-0.2, 0) is 4.79 Å². The molecule has 0 aromatic heterocycles. The Labute approximate surface area is 103 Å². The van der Waals surface area contributed by atoms with Gasteiger partial charge >= 0.3 is 6.03 Å². The van der Waals surface area contributed by atoms with E-state index in [2.05, 4.69) is 17.6 Å². The van der Waals surface area contributed by atoms with Crippen LogP contribution in [0.3, 0.4) is 0 Å². The highest BCUT2D eigenvalue weighted by Gasteiger charge is 2.23. The van der Waals surface area contributed by atoms with Crippen LogP contribution in [0.1, 0.15) is 51.9 Å².